The molecule has 96 valence electrons. The second-order valence-corrected chi connectivity index (χ2v) is 3.73. The predicted octanol–water partition coefficient (Wildman–Crippen LogP) is 2.00. The van der Waals surface area contributed by atoms with E-state index < -0.39 is 22.8 Å². The molecule has 0 radical (unpaired) electrons. The zero-order valence-corrected chi connectivity index (χ0v) is 9.98. The number of hydrogen-bond acceptors (Lipinski definition) is 2. The van der Waals surface area contributed by atoms with Gasteiger partial charge in [-0.25, -0.2) is 0 Å². The minimum Gasteiger partial charge on any atom is -0.355 e. The zero-order valence-electron chi connectivity index (χ0n) is 9.23. The van der Waals surface area contributed by atoms with Crippen molar-refractivity contribution in [2.75, 3.05) is 6.54 Å². The Labute approximate surface area is 101 Å². The Morgan fingerprint density at radius 2 is 2.12 bits per heavy atom. The van der Waals surface area contributed by atoms with E-state index in [1.807, 2.05) is 0 Å². The molecular formula is C9H11ClF3N3O. The summed E-state index contributed by atoms with van der Waals surface area (Å²) in [4.78, 5) is 11.2. The van der Waals surface area contributed by atoms with E-state index in [-0.39, 0.29) is 12.2 Å². The number of likely N-dealkylation sites (N-methyl/N-ethyl adjacent to an activating group) is 1. The first kappa shape index (κ1) is 13.8. The number of nitrogens with zero attached hydrogens (tertiary/aromatic N) is 2. The SMILES string of the molecule is CCNC(=O)Cn1nc(C(F)(F)F)c(Cl)c1C. The molecule has 1 N–H and O–H groups in total. The highest BCUT2D eigenvalue weighted by Gasteiger charge is 2.38. The number of aromatic nitrogens is 2. The maximum Gasteiger partial charge on any atom is 0.436 e. The molecule has 17 heavy (non-hydrogen) atoms. The number of nitrogens with one attached hydrogen (secondary N) is 1. The maximum absolute atomic E-state index is 12.5. The van der Waals surface area contributed by atoms with Gasteiger partial charge >= 0.3 is 6.18 Å². The summed E-state index contributed by atoms with van der Waals surface area (Å²) in [6.45, 7) is 3.21. The summed E-state index contributed by atoms with van der Waals surface area (Å²) in [5.74, 6) is -0.413. The molecule has 0 atom stereocenters. The Bertz CT molecular complexity index is 428. The van der Waals surface area contributed by atoms with E-state index in [9.17, 15) is 18.0 Å². The van der Waals surface area contributed by atoms with Gasteiger partial charge < -0.3 is 5.32 Å². The lowest BCUT2D eigenvalue weighted by Gasteiger charge is -2.04. The van der Waals surface area contributed by atoms with Crippen molar-refractivity contribution in [2.24, 2.45) is 0 Å². The Balaban J connectivity index is 3.00. The fourth-order valence-corrected chi connectivity index (χ4v) is 1.49. The highest BCUT2D eigenvalue weighted by Crippen LogP contribution is 2.35. The Hall–Kier alpha value is -1.24. The summed E-state index contributed by atoms with van der Waals surface area (Å²) in [5.41, 5.74) is -1.05. The lowest BCUT2D eigenvalue weighted by atomic mass is 10.3. The van der Waals surface area contributed by atoms with E-state index >= 15 is 0 Å². The second-order valence-electron chi connectivity index (χ2n) is 3.36. The number of alkyl halides is 3. The molecule has 0 aromatic carbocycles. The molecule has 0 aliphatic carbocycles. The molecule has 8 heteroatoms. The van der Waals surface area contributed by atoms with Gasteiger partial charge in [-0.1, -0.05) is 11.6 Å². The molecule has 0 spiro atoms. The van der Waals surface area contributed by atoms with E-state index in [0.717, 1.165) is 4.68 Å². The average Bonchev–Trinajstić information content (AvgIpc) is 2.46. The number of amides is 1. The summed E-state index contributed by atoms with van der Waals surface area (Å²) in [7, 11) is 0. The van der Waals surface area contributed by atoms with E-state index in [1.54, 1.807) is 6.92 Å². The van der Waals surface area contributed by atoms with Gasteiger partial charge in [0.05, 0.1) is 10.7 Å². The van der Waals surface area contributed by atoms with Crippen LogP contribution in [0.3, 0.4) is 0 Å². The van der Waals surface area contributed by atoms with Crippen LogP contribution in [0.15, 0.2) is 0 Å². The first-order valence-corrected chi connectivity index (χ1v) is 5.22. The molecule has 0 fully saturated rings. The van der Waals surface area contributed by atoms with Gasteiger partial charge in [-0.15, -0.1) is 0 Å². The van der Waals surface area contributed by atoms with Gasteiger partial charge in [-0.3, -0.25) is 9.48 Å². The first-order chi connectivity index (χ1) is 7.77. The second kappa shape index (κ2) is 4.95. The molecule has 0 bridgehead atoms. The van der Waals surface area contributed by atoms with Crippen molar-refractivity contribution in [3.63, 3.8) is 0 Å². The van der Waals surface area contributed by atoms with Gasteiger partial charge in [0.2, 0.25) is 5.91 Å². The van der Waals surface area contributed by atoms with Crippen LogP contribution in [-0.4, -0.2) is 22.2 Å². The third-order valence-electron chi connectivity index (χ3n) is 2.07. The maximum atomic E-state index is 12.5. The average molecular weight is 270 g/mol. The standard InChI is InChI=1S/C9H11ClF3N3O/c1-3-14-6(17)4-16-5(2)7(10)8(15-16)9(11,12)13/h3-4H2,1-2H3,(H,14,17). The van der Waals surface area contributed by atoms with Gasteiger partial charge in [0, 0.05) is 6.54 Å². The number of carbonyl (C=O) groups excluding carboxylic acids is 1. The van der Waals surface area contributed by atoms with Crippen LogP contribution >= 0.6 is 11.6 Å². The molecule has 1 amide bonds. The number of rotatable bonds is 3. The highest BCUT2D eigenvalue weighted by atomic mass is 35.5. The summed E-state index contributed by atoms with van der Waals surface area (Å²) in [6, 6.07) is 0. The number of hydrogen-bond donors (Lipinski definition) is 1. The summed E-state index contributed by atoms with van der Waals surface area (Å²) in [6.07, 6.45) is -4.62. The van der Waals surface area contributed by atoms with Crippen LogP contribution in [0.4, 0.5) is 13.2 Å². The number of carbonyl (C=O) groups is 1. The van der Waals surface area contributed by atoms with E-state index in [1.165, 1.54) is 6.92 Å². The van der Waals surface area contributed by atoms with Crippen LogP contribution in [0, 0.1) is 6.92 Å². The van der Waals surface area contributed by atoms with Crippen molar-refractivity contribution in [1.29, 1.82) is 0 Å². The van der Waals surface area contributed by atoms with Gasteiger partial charge in [-0.05, 0) is 13.8 Å². The smallest absolute Gasteiger partial charge is 0.355 e. The fraction of sp³-hybridized carbons (Fsp3) is 0.556. The van der Waals surface area contributed by atoms with Crippen LogP contribution in [-0.2, 0) is 17.5 Å². The molecule has 0 saturated heterocycles. The van der Waals surface area contributed by atoms with Crippen LogP contribution in [0.25, 0.3) is 0 Å². The van der Waals surface area contributed by atoms with E-state index in [2.05, 4.69) is 10.4 Å². The molecular weight excluding hydrogens is 259 g/mol. The molecule has 1 heterocycles. The zero-order chi connectivity index (χ0) is 13.2. The Morgan fingerprint density at radius 3 is 2.53 bits per heavy atom. The Kier molecular flexibility index (Phi) is 4.03. The molecule has 0 unspecified atom stereocenters. The third-order valence-corrected chi connectivity index (χ3v) is 2.52. The van der Waals surface area contributed by atoms with E-state index in [4.69, 9.17) is 11.6 Å². The van der Waals surface area contributed by atoms with Gasteiger partial charge in [0.15, 0.2) is 5.69 Å². The highest BCUT2D eigenvalue weighted by molar-refractivity contribution is 6.31. The minimum absolute atomic E-state index is 0.116. The number of halogens is 4. The molecule has 4 nitrogen and oxygen atoms in total. The van der Waals surface area contributed by atoms with Crippen LogP contribution < -0.4 is 5.32 Å². The lowest BCUT2D eigenvalue weighted by molar-refractivity contribution is -0.141. The third kappa shape index (κ3) is 3.12. The summed E-state index contributed by atoms with van der Waals surface area (Å²) in [5, 5.41) is 5.30. The van der Waals surface area contributed by atoms with Crippen LogP contribution in [0.1, 0.15) is 18.3 Å². The quantitative estimate of drug-likeness (QED) is 0.912. The molecule has 1 rings (SSSR count). The monoisotopic (exact) mass is 269 g/mol. The van der Waals surface area contributed by atoms with Gasteiger partial charge in [0.25, 0.3) is 0 Å². The molecule has 0 aliphatic heterocycles. The van der Waals surface area contributed by atoms with Crippen molar-refractivity contribution in [3.8, 4) is 0 Å². The van der Waals surface area contributed by atoms with Crippen LogP contribution in [0.2, 0.25) is 5.02 Å². The van der Waals surface area contributed by atoms with Crippen molar-refractivity contribution >= 4 is 17.5 Å². The van der Waals surface area contributed by atoms with E-state index in [0.29, 0.717) is 6.54 Å². The first-order valence-electron chi connectivity index (χ1n) is 4.84. The molecule has 1 aromatic rings. The summed E-state index contributed by atoms with van der Waals surface area (Å²) >= 11 is 5.52. The van der Waals surface area contributed by atoms with Gasteiger partial charge in [0.1, 0.15) is 6.54 Å². The topological polar surface area (TPSA) is 46.9 Å². The summed E-state index contributed by atoms with van der Waals surface area (Å²) < 4.78 is 38.3. The van der Waals surface area contributed by atoms with Crippen molar-refractivity contribution < 1.29 is 18.0 Å². The minimum atomic E-state index is -4.62. The Morgan fingerprint density at radius 1 is 1.53 bits per heavy atom. The largest absolute Gasteiger partial charge is 0.436 e. The van der Waals surface area contributed by atoms with Crippen LogP contribution in [0.5, 0.6) is 0 Å². The normalized spacial score (nSPS) is 11.6. The van der Waals surface area contributed by atoms with Gasteiger partial charge in [-0.2, -0.15) is 18.3 Å². The lowest BCUT2D eigenvalue weighted by Crippen LogP contribution is -2.28. The predicted molar refractivity (Wildman–Crippen MR) is 55.7 cm³/mol. The molecule has 1 aromatic heterocycles. The van der Waals surface area contributed by atoms with Crippen molar-refractivity contribution in [1.82, 2.24) is 15.1 Å². The fourth-order valence-electron chi connectivity index (χ4n) is 1.25. The molecule has 0 aliphatic rings. The molecule has 0 saturated carbocycles. The van der Waals surface area contributed by atoms with Crippen molar-refractivity contribution in [3.05, 3.63) is 16.4 Å². The van der Waals surface area contributed by atoms with Crippen molar-refractivity contribution in [2.45, 2.75) is 26.6 Å².